The van der Waals surface area contributed by atoms with Crippen molar-refractivity contribution in [3.63, 3.8) is 0 Å². The number of nitrogens with zero attached hydrogens (tertiary/aromatic N) is 1. The minimum atomic E-state index is -0.739. The van der Waals surface area contributed by atoms with Crippen LogP contribution in [0.4, 0.5) is 4.39 Å². The molecule has 92 valence electrons. The molecule has 0 bridgehead atoms. The van der Waals surface area contributed by atoms with E-state index >= 15 is 0 Å². The molecule has 17 heavy (non-hydrogen) atoms. The number of rotatable bonds is 2. The molecule has 1 saturated heterocycles. The number of halogens is 1. The topological polar surface area (TPSA) is 59.0 Å². The van der Waals surface area contributed by atoms with Gasteiger partial charge in [-0.3, -0.25) is 9.63 Å². The standard InChI is InChI=1S/C11H12FNO4/c1-16-9-4-2-3-8(12)10(9)11(15)13-5-7(14)6-17-13/h2-4,7,14H,5-6H2,1H3/t7-/m1/s1. The smallest absolute Gasteiger partial charge is 0.284 e. The van der Waals surface area contributed by atoms with Gasteiger partial charge in [-0.25, -0.2) is 9.45 Å². The van der Waals surface area contributed by atoms with Gasteiger partial charge in [-0.1, -0.05) is 6.07 Å². The molecule has 1 fully saturated rings. The van der Waals surface area contributed by atoms with Crippen LogP contribution in [0.1, 0.15) is 10.4 Å². The van der Waals surface area contributed by atoms with Crippen molar-refractivity contribution in [3.8, 4) is 5.75 Å². The van der Waals surface area contributed by atoms with Gasteiger partial charge in [-0.15, -0.1) is 0 Å². The highest BCUT2D eigenvalue weighted by Gasteiger charge is 2.30. The number of amides is 1. The summed E-state index contributed by atoms with van der Waals surface area (Å²) < 4.78 is 18.5. The van der Waals surface area contributed by atoms with Crippen LogP contribution in [0.5, 0.6) is 5.75 Å². The predicted octanol–water partition coefficient (Wildman–Crippen LogP) is 0.583. The summed E-state index contributed by atoms with van der Waals surface area (Å²) in [7, 11) is 1.35. The van der Waals surface area contributed by atoms with Gasteiger partial charge < -0.3 is 9.84 Å². The summed E-state index contributed by atoms with van der Waals surface area (Å²) >= 11 is 0. The van der Waals surface area contributed by atoms with Crippen molar-refractivity contribution in [2.45, 2.75) is 6.10 Å². The van der Waals surface area contributed by atoms with E-state index in [2.05, 4.69) is 0 Å². The monoisotopic (exact) mass is 241 g/mol. The van der Waals surface area contributed by atoms with Gasteiger partial charge in [0.05, 0.1) is 13.7 Å². The molecule has 1 heterocycles. The molecular formula is C11H12FNO4. The Labute approximate surface area is 97.3 Å². The third kappa shape index (κ3) is 2.22. The lowest BCUT2D eigenvalue weighted by Crippen LogP contribution is -2.29. The van der Waals surface area contributed by atoms with Gasteiger partial charge in [0.25, 0.3) is 5.91 Å². The summed E-state index contributed by atoms with van der Waals surface area (Å²) in [6, 6.07) is 4.11. The Morgan fingerprint density at radius 3 is 3.00 bits per heavy atom. The van der Waals surface area contributed by atoms with E-state index in [0.29, 0.717) is 0 Å². The molecule has 1 N–H and O–H groups in total. The molecule has 5 nitrogen and oxygen atoms in total. The number of aliphatic hydroxyl groups excluding tert-OH is 1. The molecule has 2 rings (SSSR count). The van der Waals surface area contributed by atoms with E-state index in [1.165, 1.54) is 25.3 Å². The van der Waals surface area contributed by atoms with Crippen LogP contribution in [-0.2, 0) is 4.84 Å². The first-order valence-corrected chi connectivity index (χ1v) is 5.09. The van der Waals surface area contributed by atoms with E-state index in [-0.39, 0.29) is 24.5 Å². The average Bonchev–Trinajstić information content (AvgIpc) is 2.74. The number of carbonyl (C=O) groups is 1. The Morgan fingerprint density at radius 1 is 1.65 bits per heavy atom. The van der Waals surface area contributed by atoms with E-state index < -0.39 is 17.8 Å². The lowest BCUT2D eigenvalue weighted by atomic mass is 10.1. The molecule has 0 spiro atoms. The number of benzene rings is 1. The van der Waals surface area contributed by atoms with Crippen LogP contribution in [0.2, 0.25) is 0 Å². The normalized spacial score (nSPS) is 19.5. The van der Waals surface area contributed by atoms with Crippen molar-refractivity contribution < 1.29 is 23.9 Å². The van der Waals surface area contributed by atoms with Gasteiger partial charge >= 0.3 is 0 Å². The van der Waals surface area contributed by atoms with E-state index in [1.54, 1.807) is 0 Å². The van der Waals surface area contributed by atoms with Crippen LogP contribution in [0, 0.1) is 5.82 Å². The molecule has 0 unspecified atom stereocenters. The molecule has 1 amide bonds. The first-order valence-electron chi connectivity index (χ1n) is 5.09. The maximum Gasteiger partial charge on any atom is 0.284 e. The fourth-order valence-corrected chi connectivity index (χ4v) is 1.62. The lowest BCUT2D eigenvalue weighted by molar-refractivity contribution is -0.0783. The zero-order valence-corrected chi connectivity index (χ0v) is 9.22. The van der Waals surface area contributed by atoms with Crippen LogP contribution in [0.25, 0.3) is 0 Å². The Kier molecular flexibility index (Phi) is 3.26. The molecule has 0 saturated carbocycles. The summed E-state index contributed by atoms with van der Waals surface area (Å²) in [6.45, 7) is 0.0544. The third-order valence-corrected chi connectivity index (χ3v) is 2.44. The first-order chi connectivity index (χ1) is 8.13. The number of hydroxylamine groups is 2. The van der Waals surface area contributed by atoms with Gasteiger partial charge in [0.2, 0.25) is 0 Å². The highest BCUT2D eigenvalue weighted by atomic mass is 19.1. The summed E-state index contributed by atoms with van der Waals surface area (Å²) in [4.78, 5) is 16.9. The molecule has 0 aromatic heterocycles. The molecular weight excluding hydrogens is 229 g/mol. The van der Waals surface area contributed by atoms with Gasteiger partial charge in [-0.2, -0.15) is 0 Å². The van der Waals surface area contributed by atoms with Crippen LogP contribution in [0.3, 0.4) is 0 Å². The fourth-order valence-electron chi connectivity index (χ4n) is 1.62. The second-order valence-corrected chi connectivity index (χ2v) is 3.63. The zero-order valence-electron chi connectivity index (χ0n) is 9.22. The number of aliphatic hydroxyl groups is 1. The highest BCUT2D eigenvalue weighted by molar-refractivity contribution is 5.96. The summed E-state index contributed by atoms with van der Waals surface area (Å²) in [5, 5.41) is 10.2. The van der Waals surface area contributed by atoms with Crippen LogP contribution < -0.4 is 4.74 Å². The van der Waals surface area contributed by atoms with Gasteiger partial charge in [0, 0.05) is 0 Å². The Balaban J connectivity index is 2.30. The SMILES string of the molecule is COc1cccc(F)c1C(=O)N1C[C@@H](O)CO1. The molecule has 1 aromatic rings. The lowest BCUT2D eigenvalue weighted by Gasteiger charge is -2.16. The predicted molar refractivity (Wildman–Crippen MR) is 55.9 cm³/mol. The quantitative estimate of drug-likeness (QED) is 0.823. The Morgan fingerprint density at radius 2 is 2.41 bits per heavy atom. The van der Waals surface area contributed by atoms with Gasteiger partial charge in [0.1, 0.15) is 29.8 Å². The first kappa shape index (κ1) is 11.8. The molecule has 1 aliphatic heterocycles. The van der Waals surface area contributed by atoms with E-state index in [1.807, 2.05) is 0 Å². The molecule has 1 aromatic carbocycles. The van der Waals surface area contributed by atoms with E-state index in [0.717, 1.165) is 5.06 Å². The molecule has 1 aliphatic rings. The minimum Gasteiger partial charge on any atom is -0.496 e. The maximum atomic E-state index is 13.6. The largest absolute Gasteiger partial charge is 0.496 e. The molecule has 1 atom stereocenters. The molecule has 6 heteroatoms. The van der Waals surface area contributed by atoms with E-state index in [9.17, 15) is 14.3 Å². The second kappa shape index (κ2) is 4.68. The number of methoxy groups -OCH3 is 1. The van der Waals surface area contributed by atoms with Crippen LogP contribution >= 0.6 is 0 Å². The van der Waals surface area contributed by atoms with Gasteiger partial charge in [-0.05, 0) is 12.1 Å². The van der Waals surface area contributed by atoms with E-state index in [4.69, 9.17) is 9.57 Å². The summed E-state index contributed by atoms with van der Waals surface area (Å²) in [5.74, 6) is -1.20. The number of hydrogen-bond donors (Lipinski definition) is 1. The summed E-state index contributed by atoms with van der Waals surface area (Å²) in [6.07, 6.45) is -0.739. The fraction of sp³-hybridized carbons (Fsp3) is 0.364. The number of hydrogen-bond acceptors (Lipinski definition) is 4. The third-order valence-electron chi connectivity index (χ3n) is 2.44. The van der Waals surface area contributed by atoms with Crippen molar-refractivity contribution >= 4 is 5.91 Å². The van der Waals surface area contributed by atoms with Crippen molar-refractivity contribution in [2.75, 3.05) is 20.3 Å². The maximum absolute atomic E-state index is 13.6. The number of β-amino-alcohol motifs (C(OH)–C–C–N with tert-alkyl or cyclic N) is 1. The minimum absolute atomic E-state index is 0.0241. The molecule has 0 radical (unpaired) electrons. The van der Waals surface area contributed by atoms with Crippen LogP contribution in [0.15, 0.2) is 18.2 Å². The molecule has 0 aliphatic carbocycles. The Bertz CT molecular complexity index is 437. The summed E-state index contributed by atoms with van der Waals surface area (Å²) in [5.41, 5.74) is -0.191. The van der Waals surface area contributed by atoms with Crippen LogP contribution in [-0.4, -0.2) is 42.4 Å². The number of ether oxygens (including phenoxy) is 1. The highest BCUT2D eigenvalue weighted by Crippen LogP contribution is 2.24. The van der Waals surface area contributed by atoms with Crippen molar-refractivity contribution in [3.05, 3.63) is 29.6 Å². The average molecular weight is 241 g/mol. The Hall–Kier alpha value is -1.66. The second-order valence-electron chi connectivity index (χ2n) is 3.63. The van der Waals surface area contributed by atoms with Gasteiger partial charge in [0.15, 0.2) is 0 Å². The van der Waals surface area contributed by atoms with Crippen molar-refractivity contribution in [1.82, 2.24) is 5.06 Å². The number of carbonyl (C=O) groups excluding carboxylic acids is 1. The van der Waals surface area contributed by atoms with Crippen molar-refractivity contribution in [1.29, 1.82) is 0 Å². The zero-order chi connectivity index (χ0) is 12.4. The van der Waals surface area contributed by atoms with Crippen molar-refractivity contribution in [2.24, 2.45) is 0 Å².